The SMILES string of the molecule is CC.CC.CC(=O)NCCCN1CCCC1=O. The number of carbonyl (C=O) groups excluding carboxylic acids is 2. The first kappa shape index (κ1) is 18.3. The summed E-state index contributed by atoms with van der Waals surface area (Å²) in [5.41, 5.74) is 0. The van der Waals surface area contributed by atoms with Gasteiger partial charge < -0.3 is 10.2 Å². The summed E-state index contributed by atoms with van der Waals surface area (Å²) in [4.78, 5) is 23.5. The van der Waals surface area contributed by atoms with E-state index in [0.29, 0.717) is 13.0 Å². The Morgan fingerprint density at radius 1 is 1.29 bits per heavy atom. The van der Waals surface area contributed by atoms with Gasteiger partial charge in [-0.15, -0.1) is 0 Å². The quantitative estimate of drug-likeness (QED) is 0.771. The summed E-state index contributed by atoms with van der Waals surface area (Å²) in [6.45, 7) is 11.8. The van der Waals surface area contributed by atoms with Gasteiger partial charge in [-0.25, -0.2) is 0 Å². The molecule has 1 rings (SSSR count). The summed E-state index contributed by atoms with van der Waals surface area (Å²) in [5, 5.41) is 2.71. The molecule has 4 nitrogen and oxygen atoms in total. The van der Waals surface area contributed by atoms with Crippen LogP contribution in [-0.2, 0) is 9.59 Å². The third-order valence-electron chi connectivity index (χ3n) is 2.15. The van der Waals surface area contributed by atoms with Gasteiger partial charge in [-0.05, 0) is 12.8 Å². The summed E-state index contributed by atoms with van der Waals surface area (Å²) in [7, 11) is 0. The van der Waals surface area contributed by atoms with E-state index in [1.165, 1.54) is 6.92 Å². The molecule has 1 heterocycles. The van der Waals surface area contributed by atoms with Crippen molar-refractivity contribution in [2.24, 2.45) is 0 Å². The highest BCUT2D eigenvalue weighted by Gasteiger charge is 2.18. The van der Waals surface area contributed by atoms with Gasteiger partial charge in [-0.1, -0.05) is 27.7 Å². The predicted molar refractivity (Wildman–Crippen MR) is 71.8 cm³/mol. The molecule has 1 aliphatic rings. The second-order valence-electron chi connectivity index (χ2n) is 3.32. The van der Waals surface area contributed by atoms with Crippen molar-refractivity contribution in [3.05, 3.63) is 0 Å². The molecule has 1 N–H and O–H groups in total. The fourth-order valence-electron chi connectivity index (χ4n) is 1.47. The predicted octanol–water partition coefficient (Wildman–Crippen LogP) is 2.19. The number of rotatable bonds is 4. The zero-order chi connectivity index (χ0) is 13.7. The van der Waals surface area contributed by atoms with E-state index in [4.69, 9.17) is 0 Å². The Morgan fingerprint density at radius 2 is 1.88 bits per heavy atom. The molecule has 17 heavy (non-hydrogen) atoms. The van der Waals surface area contributed by atoms with Crippen LogP contribution in [0, 0.1) is 0 Å². The fourth-order valence-corrected chi connectivity index (χ4v) is 1.47. The van der Waals surface area contributed by atoms with Crippen LogP contribution in [0.2, 0.25) is 0 Å². The van der Waals surface area contributed by atoms with Crippen LogP contribution in [0.3, 0.4) is 0 Å². The van der Waals surface area contributed by atoms with E-state index in [1.807, 2.05) is 32.6 Å². The van der Waals surface area contributed by atoms with Gasteiger partial charge >= 0.3 is 0 Å². The zero-order valence-corrected chi connectivity index (χ0v) is 12.0. The fraction of sp³-hybridized carbons (Fsp3) is 0.846. The Bertz CT molecular complexity index is 206. The van der Waals surface area contributed by atoms with Gasteiger partial charge in [0.15, 0.2) is 0 Å². The van der Waals surface area contributed by atoms with Gasteiger partial charge in [0.05, 0.1) is 0 Å². The number of likely N-dealkylation sites (tertiary alicyclic amines) is 1. The van der Waals surface area contributed by atoms with Gasteiger partial charge in [-0.2, -0.15) is 0 Å². The highest BCUT2D eigenvalue weighted by Crippen LogP contribution is 2.09. The molecule has 102 valence electrons. The van der Waals surface area contributed by atoms with E-state index in [2.05, 4.69) is 5.32 Å². The molecule has 0 aliphatic carbocycles. The summed E-state index contributed by atoms with van der Waals surface area (Å²) < 4.78 is 0. The van der Waals surface area contributed by atoms with Crippen LogP contribution in [0.5, 0.6) is 0 Å². The van der Waals surface area contributed by atoms with Gasteiger partial charge in [0.1, 0.15) is 0 Å². The van der Waals surface area contributed by atoms with Crippen LogP contribution < -0.4 is 5.32 Å². The Morgan fingerprint density at radius 3 is 2.29 bits per heavy atom. The van der Waals surface area contributed by atoms with Crippen LogP contribution in [0.1, 0.15) is 53.9 Å². The van der Waals surface area contributed by atoms with Crippen molar-refractivity contribution >= 4 is 11.8 Å². The van der Waals surface area contributed by atoms with E-state index in [9.17, 15) is 9.59 Å². The van der Waals surface area contributed by atoms with Gasteiger partial charge in [0.25, 0.3) is 0 Å². The average Bonchev–Trinajstić information content (AvgIpc) is 2.76. The van der Waals surface area contributed by atoms with Crippen LogP contribution in [0.4, 0.5) is 0 Å². The molecule has 0 atom stereocenters. The summed E-state index contributed by atoms with van der Waals surface area (Å²) in [5.74, 6) is 0.246. The number of carbonyl (C=O) groups is 2. The van der Waals surface area contributed by atoms with Crippen molar-refractivity contribution in [1.29, 1.82) is 0 Å². The minimum absolute atomic E-state index is 0.00671. The van der Waals surface area contributed by atoms with E-state index >= 15 is 0 Å². The number of hydrogen-bond acceptors (Lipinski definition) is 2. The number of nitrogens with zero attached hydrogens (tertiary/aromatic N) is 1. The van der Waals surface area contributed by atoms with E-state index < -0.39 is 0 Å². The smallest absolute Gasteiger partial charge is 0.222 e. The van der Waals surface area contributed by atoms with Gasteiger partial charge in [-0.3, -0.25) is 9.59 Å². The van der Waals surface area contributed by atoms with Crippen LogP contribution in [-0.4, -0.2) is 36.3 Å². The Hall–Kier alpha value is -1.06. The normalized spacial score (nSPS) is 13.2. The van der Waals surface area contributed by atoms with Crippen molar-refractivity contribution in [1.82, 2.24) is 10.2 Å². The maximum Gasteiger partial charge on any atom is 0.222 e. The molecule has 1 aliphatic heterocycles. The van der Waals surface area contributed by atoms with Crippen molar-refractivity contribution in [2.75, 3.05) is 19.6 Å². The second kappa shape index (κ2) is 13.0. The summed E-state index contributed by atoms with van der Waals surface area (Å²) in [6.07, 6.45) is 2.53. The highest BCUT2D eigenvalue weighted by molar-refractivity contribution is 5.78. The molecule has 0 aromatic carbocycles. The third kappa shape index (κ3) is 9.85. The number of nitrogens with one attached hydrogen (secondary N) is 1. The molecule has 0 spiro atoms. The lowest BCUT2D eigenvalue weighted by Gasteiger charge is -2.14. The minimum atomic E-state index is -0.00671. The van der Waals surface area contributed by atoms with Gasteiger partial charge in [0.2, 0.25) is 11.8 Å². The maximum absolute atomic E-state index is 11.1. The van der Waals surface area contributed by atoms with Gasteiger partial charge in [0, 0.05) is 33.0 Å². The van der Waals surface area contributed by atoms with E-state index in [1.54, 1.807) is 0 Å². The third-order valence-corrected chi connectivity index (χ3v) is 2.15. The molecule has 0 aromatic rings. The molecule has 0 bridgehead atoms. The van der Waals surface area contributed by atoms with E-state index in [0.717, 1.165) is 25.9 Å². The average molecular weight is 244 g/mol. The van der Waals surface area contributed by atoms with Crippen molar-refractivity contribution in [3.8, 4) is 0 Å². The first-order valence-corrected chi connectivity index (χ1v) is 6.72. The largest absolute Gasteiger partial charge is 0.356 e. The Kier molecular flexibility index (Phi) is 14.0. The molecule has 0 radical (unpaired) electrons. The number of hydrogen-bond donors (Lipinski definition) is 1. The lowest BCUT2D eigenvalue weighted by atomic mass is 10.4. The summed E-state index contributed by atoms with van der Waals surface area (Å²) >= 11 is 0. The van der Waals surface area contributed by atoms with Crippen LogP contribution >= 0.6 is 0 Å². The molecule has 0 unspecified atom stereocenters. The molecule has 0 aromatic heterocycles. The first-order chi connectivity index (χ1) is 8.20. The number of amides is 2. The topological polar surface area (TPSA) is 49.4 Å². The Balaban J connectivity index is 0. The minimum Gasteiger partial charge on any atom is -0.356 e. The van der Waals surface area contributed by atoms with Crippen molar-refractivity contribution in [3.63, 3.8) is 0 Å². The maximum atomic E-state index is 11.1. The molecule has 2 amide bonds. The van der Waals surface area contributed by atoms with Crippen molar-refractivity contribution < 1.29 is 9.59 Å². The lowest BCUT2D eigenvalue weighted by Crippen LogP contribution is -2.29. The molecule has 1 saturated heterocycles. The van der Waals surface area contributed by atoms with Crippen LogP contribution in [0.15, 0.2) is 0 Å². The van der Waals surface area contributed by atoms with Crippen molar-refractivity contribution in [2.45, 2.75) is 53.9 Å². The molecular weight excluding hydrogens is 216 g/mol. The zero-order valence-electron chi connectivity index (χ0n) is 12.0. The highest BCUT2D eigenvalue weighted by atomic mass is 16.2. The monoisotopic (exact) mass is 244 g/mol. The first-order valence-electron chi connectivity index (χ1n) is 6.72. The molecule has 1 fully saturated rings. The molecule has 4 heteroatoms. The lowest BCUT2D eigenvalue weighted by molar-refractivity contribution is -0.127. The van der Waals surface area contributed by atoms with Crippen LogP contribution in [0.25, 0.3) is 0 Å². The molecule has 0 saturated carbocycles. The summed E-state index contributed by atoms with van der Waals surface area (Å²) in [6, 6.07) is 0. The standard InChI is InChI=1S/C9H16N2O2.2C2H6/c1-8(12)10-5-3-7-11-6-2-4-9(11)13;2*1-2/h2-7H2,1H3,(H,10,12);2*1-2H3. The second-order valence-corrected chi connectivity index (χ2v) is 3.32. The molecular formula is C13H28N2O2. The van der Waals surface area contributed by atoms with E-state index in [-0.39, 0.29) is 11.8 Å². The Labute approximate surface area is 106 Å².